The van der Waals surface area contributed by atoms with E-state index in [4.69, 9.17) is 4.74 Å². The lowest BCUT2D eigenvalue weighted by atomic mass is 10.0. The Balaban J connectivity index is 0.00000274. The van der Waals surface area contributed by atoms with Gasteiger partial charge in [-0.1, -0.05) is 18.2 Å². The molecule has 1 unspecified atom stereocenters. The van der Waals surface area contributed by atoms with Crippen molar-refractivity contribution < 1.29 is 9.13 Å². The Bertz CT molecular complexity index is 1160. The summed E-state index contributed by atoms with van der Waals surface area (Å²) in [4.78, 5) is 5.93. The van der Waals surface area contributed by atoms with Crippen molar-refractivity contribution in [3.63, 3.8) is 0 Å². The normalized spacial score (nSPS) is 15.1. The predicted octanol–water partition coefficient (Wildman–Crippen LogP) is 4.26. The summed E-state index contributed by atoms with van der Waals surface area (Å²) >= 11 is 1.68. The van der Waals surface area contributed by atoms with Gasteiger partial charge in [0.15, 0.2) is 5.82 Å². The van der Waals surface area contributed by atoms with E-state index >= 15 is 0 Å². The van der Waals surface area contributed by atoms with E-state index in [0.717, 1.165) is 43.3 Å². The number of rotatable bonds is 7. The summed E-state index contributed by atoms with van der Waals surface area (Å²) in [5.41, 5.74) is 2.16. The molecule has 4 aromatic rings. The second kappa shape index (κ2) is 10.9. The first-order valence-electron chi connectivity index (χ1n) is 10.9. The van der Waals surface area contributed by atoms with Crippen LogP contribution in [0, 0.1) is 5.82 Å². The number of nitrogens with zero attached hydrogens (tertiary/aromatic N) is 6. The molecule has 2 aromatic heterocycles. The first kappa shape index (κ1) is 24.1. The molecule has 1 aliphatic rings. The molecule has 0 radical (unpaired) electrons. The molecule has 0 N–H and O–H groups in total. The van der Waals surface area contributed by atoms with Crippen molar-refractivity contribution in [2.75, 3.05) is 38.2 Å². The summed E-state index contributed by atoms with van der Waals surface area (Å²) in [7, 11) is 1.68. The minimum atomic E-state index is -0.250. The SMILES string of the molecule is COc1ccc(N2CCN(C(c3ccc(F)cc3)c3nnnn3Cc3cccs3)CC2)cc1.Cl. The molecule has 1 aliphatic heterocycles. The molecule has 7 nitrogen and oxygen atoms in total. The van der Waals surface area contributed by atoms with Gasteiger partial charge in [-0.3, -0.25) is 4.90 Å². The lowest BCUT2D eigenvalue weighted by molar-refractivity contribution is 0.201. The maximum absolute atomic E-state index is 13.7. The number of methoxy groups -OCH3 is 1. The number of thiophene rings is 1. The maximum atomic E-state index is 13.7. The summed E-state index contributed by atoms with van der Waals surface area (Å²) < 4.78 is 20.8. The largest absolute Gasteiger partial charge is 0.497 e. The summed E-state index contributed by atoms with van der Waals surface area (Å²) in [5.74, 6) is 1.37. The molecule has 0 aliphatic carbocycles. The molecule has 0 bridgehead atoms. The van der Waals surface area contributed by atoms with Gasteiger partial charge in [0.2, 0.25) is 0 Å². The van der Waals surface area contributed by atoms with Crippen LogP contribution in [0.15, 0.2) is 66.0 Å². The molecule has 0 saturated carbocycles. The highest BCUT2D eigenvalue weighted by atomic mass is 35.5. The zero-order valence-corrected chi connectivity index (χ0v) is 20.4. The van der Waals surface area contributed by atoms with E-state index in [1.807, 2.05) is 35.0 Å². The van der Waals surface area contributed by atoms with Crippen LogP contribution in [-0.4, -0.2) is 58.4 Å². The molecular weight excluding hydrogens is 475 g/mol. The molecular formula is C24H26ClFN6OS. The number of hydrogen-bond acceptors (Lipinski definition) is 7. The second-order valence-electron chi connectivity index (χ2n) is 7.95. The van der Waals surface area contributed by atoms with Gasteiger partial charge >= 0.3 is 0 Å². The lowest BCUT2D eigenvalue weighted by Crippen LogP contribution is -2.48. The number of hydrogen-bond donors (Lipinski definition) is 0. The standard InChI is InChI=1S/C24H25FN6OS.ClH/c1-32-21-10-8-20(9-11-21)29-12-14-30(15-13-29)23(18-4-6-19(25)7-5-18)24-26-27-28-31(24)17-22-3-2-16-33-22;/h2-11,16,23H,12-15,17H2,1H3;1H. The number of piperazine rings is 1. The van der Waals surface area contributed by atoms with Crippen molar-refractivity contribution in [2.24, 2.45) is 0 Å². The molecule has 0 spiro atoms. The number of halogens is 2. The highest BCUT2D eigenvalue weighted by Gasteiger charge is 2.31. The van der Waals surface area contributed by atoms with Gasteiger partial charge in [-0.05, 0) is 63.8 Å². The van der Waals surface area contributed by atoms with Crippen LogP contribution in [0.2, 0.25) is 0 Å². The fraction of sp³-hybridized carbons (Fsp3) is 0.292. The topological polar surface area (TPSA) is 59.3 Å². The Kier molecular flexibility index (Phi) is 7.77. The van der Waals surface area contributed by atoms with Gasteiger partial charge in [0.25, 0.3) is 0 Å². The first-order chi connectivity index (χ1) is 16.2. The lowest BCUT2D eigenvalue weighted by Gasteiger charge is -2.40. The van der Waals surface area contributed by atoms with E-state index < -0.39 is 0 Å². The molecule has 34 heavy (non-hydrogen) atoms. The number of aromatic nitrogens is 4. The third-order valence-electron chi connectivity index (χ3n) is 5.99. The Labute approximate surface area is 208 Å². The van der Waals surface area contributed by atoms with Crippen LogP contribution in [-0.2, 0) is 6.54 Å². The van der Waals surface area contributed by atoms with Gasteiger partial charge in [-0.15, -0.1) is 28.8 Å². The van der Waals surface area contributed by atoms with Crippen LogP contribution in [0.4, 0.5) is 10.1 Å². The van der Waals surface area contributed by atoms with E-state index in [1.54, 1.807) is 18.4 Å². The van der Waals surface area contributed by atoms with E-state index in [9.17, 15) is 4.39 Å². The molecule has 1 saturated heterocycles. The van der Waals surface area contributed by atoms with Crippen LogP contribution < -0.4 is 9.64 Å². The van der Waals surface area contributed by atoms with Crippen molar-refractivity contribution >= 4 is 29.4 Å². The van der Waals surface area contributed by atoms with Gasteiger partial charge in [0, 0.05) is 36.7 Å². The minimum Gasteiger partial charge on any atom is -0.497 e. The molecule has 0 amide bonds. The molecule has 5 rings (SSSR count). The average Bonchev–Trinajstić information content (AvgIpc) is 3.54. The Morgan fingerprint density at radius 3 is 2.38 bits per heavy atom. The highest BCUT2D eigenvalue weighted by Crippen LogP contribution is 2.30. The quantitative estimate of drug-likeness (QED) is 0.378. The zero-order chi connectivity index (χ0) is 22.6. The fourth-order valence-electron chi connectivity index (χ4n) is 4.27. The van der Waals surface area contributed by atoms with Crippen LogP contribution in [0.3, 0.4) is 0 Å². The van der Waals surface area contributed by atoms with Crippen molar-refractivity contribution in [3.8, 4) is 5.75 Å². The van der Waals surface area contributed by atoms with Crippen molar-refractivity contribution in [2.45, 2.75) is 12.6 Å². The Morgan fingerprint density at radius 1 is 1.00 bits per heavy atom. The molecule has 1 fully saturated rings. The van der Waals surface area contributed by atoms with E-state index in [2.05, 4.69) is 48.9 Å². The van der Waals surface area contributed by atoms with Crippen LogP contribution in [0.1, 0.15) is 22.3 Å². The molecule has 3 heterocycles. The first-order valence-corrected chi connectivity index (χ1v) is 11.8. The highest BCUT2D eigenvalue weighted by molar-refractivity contribution is 7.09. The van der Waals surface area contributed by atoms with Crippen LogP contribution in [0.25, 0.3) is 0 Å². The third-order valence-corrected chi connectivity index (χ3v) is 6.85. The van der Waals surface area contributed by atoms with Crippen molar-refractivity contribution in [1.29, 1.82) is 0 Å². The number of benzene rings is 2. The van der Waals surface area contributed by atoms with Crippen LogP contribution >= 0.6 is 23.7 Å². The average molecular weight is 501 g/mol. The van der Waals surface area contributed by atoms with Gasteiger partial charge in [-0.25, -0.2) is 9.07 Å². The molecule has 178 valence electrons. The van der Waals surface area contributed by atoms with Gasteiger partial charge < -0.3 is 9.64 Å². The molecule has 10 heteroatoms. The Hall–Kier alpha value is -3.01. The number of tetrazole rings is 1. The monoisotopic (exact) mass is 500 g/mol. The number of ether oxygens (including phenoxy) is 1. The zero-order valence-electron chi connectivity index (χ0n) is 18.7. The Morgan fingerprint density at radius 2 is 1.74 bits per heavy atom. The number of anilines is 1. The van der Waals surface area contributed by atoms with E-state index in [1.165, 1.54) is 22.7 Å². The van der Waals surface area contributed by atoms with Crippen LogP contribution in [0.5, 0.6) is 5.75 Å². The van der Waals surface area contributed by atoms with E-state index in [-0.39, 0.29) is 24.3 Å². The summed E-state index contributed by atoms with van der Waals surface area (Å²) in [6.45, 7) is 4.02. The minimum absolute atomic E-state index is 0. The third kappa shape index (κ3) is 5.22. The summed E-state index contributed by atoms with van der Waals surface area (Å²) in [6, 6.07) is 18.8. The molecule has 2 aromatic carbocycles. The fourth-order valence-corrected chi connectivity index (χ4v) is 4.96. The molecule has 1 atom stereocenters. The van der Waals surface area contributed by atoms with Gasteiger partial charge in [0.05, 0.1) is 19.7 Å². The van der Waals surface area contributed by atoms with Crippen molar-refractivity contribution in [1.82, 2.24) is 25.1 Å². The van der Waals surface area contributed by atoms with Gasteiger partial charge in [0.1, 0.15) is 11.6 Å². The summed E-state index contributed by atoms with van der Waals surface area (Å²) in [5, 5.41) is 14.7. The maximum Gasteiger partial charge on any atom is 0.173 e. The smallest absolute Gasteiger partial charge is 0.173 e. The predicted molar refractivity (Wildman–Crippen MR) is 134 cm³/mol. The van der Waals surface area contributed by atoms with Gasteiger partial charge in [-0.2, -0.15) is 0 Å². The van der Waals surface area contributed by atoms with E-state index in [0.29, 0.717) is 6.54 Å². The second-order valence-corrected chi connectivity index (χ2v) is 8.98. The van der Waals surface area contributed by atoms with Crippen molar-refractivity contribution in [3.05, 3.63) is 88.1 Å². The summed E-state index contributed by atoms with van der Waals surface area (Å²) in [6.07, 6.45) is 0.